The molecule has 0 saturated carbocycles. The molecule has 0 aliphatic carbocycles. The lowest BCUT2D eigenvalue weighted by Gasteiger charge is -2.23. The molecule has 1 aromatic rings. The van der Waals surface area contributed by atoms with Gasteiger partial charge in [-0.15, -0.1) is 0 Å². The van der Waals surface area contributed by atoms with Gasteiger partial charge in [-0.2, -0.15) is 13.4 Å². The molecule has 0 spiro atoms. The summed E-state index contributed by atoms with van der Waals surface area (Å²) in [5.74, 6) is 0. The third-order valence-corrected chi connectivity index (χ3v) is 3.85. The van der Waals surface area contributed by atoms with E-state index < -0.39 is 16.2 Å². The van der Waals surface area contributed by atoms with Crippen LogP contribution in [0, 0.1) is 6.92 Å². The molecule has 1 fully saturated rings. The monoisotopic (exact) mass is 302 g/mol. The second-order valence-corrected chi connectivity index (χ2v) is 6.57. The first kappa shape index (κ1) is 13.5. The molecule has 9 heteroatoms. The second-order valence-electron chi connectivity index (χ2n) is 4.93. The first-order chi connectivity index (χ1) is 9.33. The summed E-state index contributed by atoms with van der Waals surface area (Å²) >= 11 is 0. The maximum Gasteiger partial charge on any atom is 0.302 e. The van der Waals surface area contributed by atoms with Crippen LogP contribution in [0.25, 0.3) is 0 Å². The van der Waals surface area contributed by atoms with Crippen LogP contribution in [0.4, 0.5) is 0 Å². The zero-order chi connectivity index (χ0) is 14.5. The van der Waals surface area contributed by atoms with Crippen molar-refractivity contribution >= 4 is 10.1 Å². The van der Waals surface area contributed by atoms with Crippen molar-refractivity contribution in [1.29, 1.82) is 0 Å². The van der Waals surface area contributed by atoms with E-state index in [1.807, 2.05) is 0 Å². The summed E-state index contributed by atoms with van der Waals surface area (Å²) in [4.78, 5) is 15.4. The van der Waals surface area contributed by atoms with Crippen LogP contribution in [0.1, 0.15) is 18.2 Å². The van der Waals surface area contributed by atoms with E-state index in [0.29, 0.717) is 12.0 Å². The van der Waals surface area contributed by atoms with E-state index in [1.54, 1.807) is 17.7 Å². The fourth-order valence-electron chi connectivity index (χ4n) is 2.32. The Bertz CT molecular complexity index is 697. The zero-order valence-corrected chi connectivity index (χ0v) is 11.8. The minimum Gasteiger partial charge on any atom is -0.458 e. The van der Waals surface area contributed by atoms with Crippen molar-refractivity contribution in [3.63, 3.8) is 0 Å². The highest BCUT2D eigenvalue weighted by Crippen LogP contribution is 2.37. The van der Waals surface area contributed by atoms with Crippen LogP contribution in [0.15, 0.2) is 11.0 Å². The van der Waals surface area contributed by atoms with Gasteiger partial charge in [0.25, 0.3) is 15.7 Å². The van der Waals surface area contributed by atoms with Gasteiger partial charge in [0.05, 0.1) is 12.9 Å². The van der Waals surface area contributed by atoms with Gasteiger partial charge in [0.2, 0.25) is 0 Å². The predicted octanol–water partition coefficient (Wildman–Crippen LogP) is -0.424. The Hall–Kier alpha value is -1.45. The lowest BCUT2D eigenvalue weighted by atomic mass is 10.1. The predicted molar refractivity (Wildman–Crippen MR) is 67.0 cm³/mol. The zero-order valence-electron chi connectivity index (χ0n) is 11.0. The highest BCUT2D eigenvalue weighted by atomic mass is 32.2. The standard InChI is InChI=1S/C11H14N2O6S/c1-6-4-13-9-3-7(19-11(13)12-10(6)14)8(18-9)5-17-20(2,15)16/h4,7-9H,3,5H2,1-2H3. The summed E-state index contributed by atoms with van der Waals surface area (Å²) in [7, 11) is -3.53. The number of aryl methyl sites for hydroxylation is 1. The molecule has 1 aromatic heterocycles. The van der Waals surface area contributed by atoms with Crippen LogP contribution in [-0.4, -0.2) is 43.0 Å². The van der Waals surface area contributed by atoms with Crippen LogP contribution in [0.2, 0.25) is 0 Å². The summed E-state index contributed by atoms with van der Waals surface area (Å²) in [5.41, 5.74) is 0.150. The van der Waals surface area contributed by atoms with Crippen molar-refractivity contribution in [3.05, 3.63) is 22.1 Å². The Morgan fingerprint density at radius 3 is 3.00 bits per heavy atom. The first-order valence-corrected chi connectivity index (χ1v) is 7.91. The first-order valence-electron chi connectivity index (χ1n) is 6.10. The molecular formula is C11H14N2O6S. The van der Waals surface area contributed by atoms with Gasteiger partial charge in [-0.05, 0) is 6.92 Å². The van der Waals surface area contributed by atoms with Gasteiger partial charge in [-0.25, -0.2) is 0 Å². The third kappa shape index (κ3) is 2.43. The van der Waals surface area contributed by atoms with Crippen molar-refractivity contribution in [2.75, 3.05) is 12.9 Å². The molecule has 3 unspecified atom stereocenters. The summed E-state index contributed by atoms with van der Waals surface area (Å²) < 4.78 is 39.7. The number of hydrogen-bond donors (Lipinski definition) is 0. The Labute approximate surface area is 115 Å². The van der Waals surface area contributed by atoms with E-state index >= 15 is 0 Å². The quantitative estimate of drug-likeness (QED) is 0.699. The minimum absolute atomic E-state index is 0.113. The Morgan fingerprint density at radius 1 is 1.55 bits per heavy atom. The van der Waals surface area contributed by atoms with Gasteiger partial charge in [-0.1, -0.05) is 0 Å². The molecule has 8 nitrogen and oxygen atoms in total. The highest BCUT2D eigenvalue weighted by Gasteiger charge is 2.43. The lowest BCUT2D eigenvalue weighted by molar-refractivity contribution is -0.0182. The van der Waals surface area contributed by atoms with Crippen molar-refractivity contribution in [2.24, 2.45) is 0 Å². The summed E-state index contributed by atoms with van der Waals surface area (Å²) in [6.45, 7) is 1.55. The number of nitrogens with zero attached hydrogens (tertiary/aromatic N) is 2. The number of aromatic nitrogens is 2. The largest absolute Gasteiger partial charge is 0.458 e. The molecule has 110 valence electrons. The fraction of sp³-hybridized carbons (Fsp3) is 0.636. The number of hydrogen-bond acceptors (Lipinski definition) is 7. The molecule has 0 amide bonds. The normalized spacial score (nSPS) is 28.0. The van der Waals surface area contributed by atoms with E-state index in [1.165, 1.54) is 0 Å². The maximum absolute atomic E-state index is 11.5. The van der Waals surface area contributed by atoms with Crippen molar-refractivity contribution < 1.29 is 22.1 Å². The minimum atomic E-state index is -3.53. The van der Waals surface area contributed by atoms with Crippen LogP contribution >= 0.6 is 0 Å². The molecule has 3 rings (SSSR count). The van der Waals surface area contributed by atoms with E-state index in [0.717, 1.165) is 6.26 Å². The molecule has 0 N–H and O–H groups in total. The van der Waals surface area contributed by atoms with Crippen molar-refractivity contribution in [1.82, 2.24) is 9.55 Å². The molecular weight excluding hydrogens is 288 g/mol. The van der Waals surface area contributed by atoms with E-state index in [9.17, 15) is 13.2 Å². The molecule has 2 aliphatic heterocycles. The fourth-order valence-corrected chi connectivity index (χ4v) is 2.70. The number of rotatable bonds is 3. The molecule has 2 bridgehead atoms. The van der Waals surface area contributed by atoms with Crippen LogP contribution < -0.4 is 10.3 Å². The topological polar surface area (TPSA) is 96.7 Å². The molecule has 0 aromatic carbocycles. The Kier molecular flexibility index (Phi) is 3.07. The highest BCUT2D eigenvalue weighted by molar-refractivity contribution is 7.85. The SMILES string of the molecule is Cc1cn2c(nc1=O)OC1CC2OC1COS(C)(=O)=O. The van der Waals surface area contributed by atoms with Crippen molar-refractivity contribution in [3.8, 4) is 6.01 Å². The van der Waals surface area contributed by atoms with Crippen molar-refractivity contribution in [2.45, 2.75) is 31.8 Å². The van der Waals surface area contributed by atoms with Crippen LogP contribution in [0.3, 0.4) is 0 Å². The van der Waals surface area contributed by atoms with Gasteiger partial charge < -0.3 is 9.47 Å². The van der Waals surface area contributed by atoms with Gasteiger partial charge in [0.1, 0.15) is 18.4 Å². The molecule has 3 atom stereocenters. The lowest BCUT2D eigenvalue weighted by Crippen LogP contribution is -2.34. The number of ether oxygens (including phenoxy) is 2. The molecule has 0 radical (unpaired) electrons. The average Bonchev–Trinajstić information content (AvgIpc) is 2.67. The van der Waals surface area contributed by atoms with Crippen LogP contribution in [0.5, 0.6) is 6.01 Å². The van der Waals surface area contributed by atoms with Crippen LogP contribution in [-0.2, 0) is 19.0 Å². The van der Waals surface area contributed by atoms with E-state index in [-0.39, 0.29) is 30.5 Å². The summed E-state index contributed by atoms with van der Waals surface area (Å²) in [6.07, 6.45) is 1.99. The molecule has 3 heterocycles. The van der Waals surface area contributed by atoms with Gasteiger partial charge >= 0.3 is 6.01 Å². The van der Waals surface area contributed by atoms with Gasteiger partial charge in [-0.3, -0.25) is 13.5 Å². The third-order valence-electron chi connectivity index (χ3n) is 3.28. The second kappa shape index (κ2) is 4.54. The Morgan fingerprint density at radius 2 is 2.30 bits per heavy atom. The number of fused-ring (bicyclic) bond motifs is 4. The van der Waals surface area contributed by atoms with E-state index in [4.69, 9.17) is 13.7 Å². The van der Waals surface area contributed by atoms with Gasteiger partial charge in [0.15, 0.2) is 0 Å². The maximum atomic E-state index is 11.5. The average molecular weight is 302 g/mol. The Balaban J connectivity index is 1.82. The molecule has 1 saturated heterocycles. The smallest absolute Gasteiger partial charge is 0.302 e. The summed E-state index contributed by atoms with van der Waals surface area (Å²) in [6, 6.07) is 0.198. The molecule has 20 heavy (non-hydrogen) atoms. The molecule has 2 aliphatic rings. The van der Waals surface area contributed by atoms with Gasteiger partial charge in [0, 0.05) is 18.2 Å². The summed E-state index contributed by atoms with van der Waals surface area (Å²) in [5, 5.41) is 0. The van der Waals surface area contributed by atoms with E-state index in [2.05, 4.69) is 4.98 Å².